The maximum absolute atomic E-state index is 11.1. The molecule has 0 spiro atoms. The first-order valence-electron chi connectivity index (χ1n) is 6.72. The molecule has 1 aromatic rings. The average Bonchev–Trinajstić information content (AvgIpc) is 2.34. The molecule has 0 fully saturated rings. The van der Waals surface area contributed by atoms with Crippen LogP contribution in [0.4, 0.5) is 5.82 Å². The van der Waals surface area contributed by atoms with E-state index in [0.29, 0.717) is 11.7 Å². The van der Waals surface area contributed by atoms with Crippen molar-refractivity contribution in [3.05, 3.63) is 23.4 Å². The predicted octanol–water partition coefficient (Wildman–Crippen LogP) is 3.44. The van der Waals surface area contributed by atoms with Crippen LogP contribution in [-0.4, -0.2) is 22.6 Å². The lowest BCUT2D eigenvalue weighted by molar-refractivity contribution is 0.0696. The monoisotopic (exact) mass is 264 g/mol. The first kappa shape index (κ1) is 15.5. The lowest BCUT2D eigenvalue weighted by atomic mass is 9.82. The Hall–Kier alpha value is -1.58. The van der Waals surface area contributed by atoms with Crippen molar-refractivity contribution < 1.29 is 9.90 Å². The molecule has 1 unspecified atom stereocenters. The minimum Gasteiger partial charge on any atom is -0.478 e. The molecule has 4 nitrogen and oxygen atoms in total. The molecule has 1 heterocycles. The van der Waals surface area contributed by atoms with Crippen molar-refractivity contribution in [2.75, 3.05) is 11.9 Å². The SMILES string of the molecule is CCc1cc(C(=O)O)cc(NCC(C)C(C)(C)C)n1. The summed E-state index contributed by atoms with van der Waals surface area (Å²) in [7, 11) is 0. The molecule has 1 aromatic heterocycles. The van der Waals surface area contributed by atoms with Crippen LogP contribution in [0, 0.1) is 11.3 Å². The van der Waals surface area contributed by atoms with E-state index >= 15 is 0 Å². The Bertz CT molecular complexity index is 450. The largest absolute Gasteiger partial charge is 0.478 e. The summed E-state index contributed by atoms with van der Waals surface area (Å²) in [6.07, 6.45) is 0.727. The summed E-state index contributed by atoms with van der Waals surface area (Å²) in [4.78, 5) is 15.5. The Morgan fingerprint density at radius 3 is 2.53 bits per heavy atom. The number of carboxylic acids is 1. The van der Waals surface area contributed by atoms with Gasteiger partial charge in [-0.3, -0.25) is 0 Å². The molecule has 0 saturated carbocycles. The van der Waals surface area contributed by atoms with Crippen molar-refractivity contribution in [1.82, 2.24) is 4.98 Å². The van der Waals surface area contributed by atoms with Gasteiger partial charge in [0.1, 0.15) is 5.82 Å². The second kappa shape index (κ2) is 6.04. The van der Waals surface area contributed by atoms with Gasteiger partial charge in [-0.05, 0) is 29.9 Å². The first-order valence-corrected chi connectivity index (χ1v) is 6.72. The molecule has 106 valence electrons. The van der Waals surface area contributed by atoms with Crippen LogP contribution in [0.2, 0.25) is 0 Å². The van der Waals surface area contributed by atoms with E-state index in [0.717, 1.165) is 18.7 Å². The lowest BCUT2D eigenvalue weighted by Crippen LogP contribution is -2.25. The van der Waals surface area contributed by atoms with Gasteiger partial charge in [0.2, 0.25) is 0 Å². The molecule has 0 aromatic carbocycles. The fourth-order valence-electron chi connectivity index (χ4n) is 1.55. The lowest BCUT2D eigenvalue weighted by Gasteiger charge is -2.27. The molecule has 0 radical (unpaired) electrons. The standard InChI is InChI=1S/C15H24N2O2/c1-6-12-7-11(14(18)19)8-13(17-12)16-9-10(2)15(3,4)5/h7-8,10H,6,9H2,1-5H3,(H,16,17)(H,18,19). The summed E-state index contributed by atoms with van der Waals surface area (Å²) in [5.41, 5.74) is 1.30. The highest BCUT2D eigenvalue weighted by molar-refractivity contribution is 5.88. The molecule has 0 aliphatic heterocycles. The molecule has 2 N–H and O–H groups in total. The van der Waals surface area contributed by atoms with Gasteiger partial charge in [0.05, 0.1) is 5.56 Å². The zero-order chi connectivity index (χ0) is 14.6. The smallest absolute Gasteiger partial charge is 0.335 e. The highest BCUT2D eigenvalue weighted by Crippen LogP contribution is 2.25. The highest BCUT2D eigenvalue weighted by Gasteiger charge is 2.19. The van der Waals surface area contributed by atoms with Gasteiger partial charge in [0.15, 0.2) is 0 Å². The van der Waals surface area contributed by atoms with Crippen molar-refractivity contribution in [3.63, 3.8) is 0 Å². The molecule has 0 aliphatic carbocycles. The maximum atomic E-state index is 11.1. The van der Waals surface area contributed by atoms with Crippen molar-refractivity contribution in [2.45, 2.75) is 41.0 Å². The van der Waals surface area contributed by atoms with E-state index in [9.17, 15) is 4.79 Å². The third kappa shape index (κ3) is 4.54. The van der Waals surface area contributed by atoms with Crippen LogP contribution in [0.15, 0.2) is 12.1 Å². The van der Waals surface area contributed by atoms with E-state index in [1.165, 1.54) is 0 Å². The molecule has 0 aliphatic rings. The quantitative estimate of drug-likeness (QED) is 0.855. The van der Waals surface area contributed by atoms with Crippen molar-refractivity contribution >= 4 is 11.8 Å². The van der Waals surface area contributed by atoms with E-state index < -0.39 is 5.97 Å². The summed E-state index contributed by atoms with van der Waals surface area (Å²) in [5, 5.41) is 12.3. The van der Waals surface area contributed by atoms with Crippen molar-refractivity contribution in [3.8, 4) is 0 Å². The van der Waals surface area contributed by atoms with Gasteiger partial charge in [-0.25, -0.2) is 9.78 Å². The number of aromatic carboxylic acids is 1. The number of hydrogen-bond acceptors (Lipinski definition) is 3. The van der Waals surface area contributed by atoms with E-state index in [-0.39, 0.29) is 11.0 Å². The molecule has 0 amide bonds. The van der Waals surface area contributed by atoms with Gasteiger partial charge in [-0.1, -0.05) is 34.6 Å². The summed E-state index contributed by atoms with van der Waals surface area (Å²) in [6.45, 7) is 11.5. The highest BCUT2D eigenvalue weighted by atomic mass is 16.4. The van der Waals surface area contributed by atoms with E-state index in [1.807, 2.05) is 6.92 Å². The molecule has 1 atom stereocenters. The van der Waals surface area contributed by atoms with Crippen molar-refractivity contribution in [2.24, 2.45) is 11.3 Å². The zero-order valence-corrected chi connectivity index (χ0v) is 12.4. The summed E-state index contributed by atoms with van der Waals surface area (Å²) in [5.74, 6) is 0.199. The van der Waals surface area contributed by atoms with Gasteiger partial charge in [-0.2, -0.15) is 0 Å². The zero-order valence-electron chi connectivity index (χ0n) is 12.4. The summed E-state index contributed by atoms with van der Waals surface area (Å²) >= 11 is 0. The number of hydrogen-bond donors (Lipinski definition) is 2. The van der Waals surface area contributed by atoms with E-state index in [1.54, 1.807) is 12.1 Å². The number of nitrogens with one attached hydrogen (secondary N) is 1. The maximum Gasteiger partial charge on any atom is 0.335 e. The second-order valence-corrected chi connectivity index (χ2v) is 6.04. The van der Waals surface area contributed by atoms with Gasteiger partial charge in [0, 0.05) is 12.2 Å². The third-order valence-electron chi connectivity index (χ3n) is 3.56. The predicted molar refractivity (Wildman–Crippen MR) is 77.7 cm³/mol. The Morgan fingerprint density at radius 1 is 1.42 bits per heavy atom. The number of carboxylic acid groups (broad SMARTS) is 1. The third-order valence-corrected chi connectivity index (χ3v) is 3.56. The Labute approximate surface area is 115 Å². The molecular formula is C15H24N2O2. The number of nitrogens with zero attached hydrogens (tertiary/aromatic N) is 1. The minimum atomic E-state index is -0.913. The number of rotatable bonds is 5. The van der Waals surface area contributed by atoms with Crippen LogP contribution in [0.1, 0.15) is 50.7 Å². The molecular weight excluding hydrogens is 240 g/mol. The van der Waals surface area contributed by atoms with Gasteiger partial charge < -0.3 is 10.4 Å². The number of pyridine rings is 1. The van der Waals surface area contributed by atoms with Crippen LogP contribution < -0.4 is 5.32 Å². The number of carbonyl (C=O) groups is 1. The summed E-state index contributed by atoms with van der Waals surface area (Å²) in [6, 6.07) is 3.22. The second-order valence-electron chi connectivity index (χ2n) is 6.04. The van der Waals surface area contributed by atoms with E-state index in [2.05, 4.69) is 38.0 Å². The molecule has 0 saturated heterocycles. The Balaban J connectivity index is 2.83. The van der Waals surface area contributed by atoms with Gasteiger partial charge in [-0.15, -0.1) is 0 Å². The number of aromatic nitrogens is 1. The topological polar surface area (TPSA) is 62.2 Å². The molecule has 0 bridgehead atoms. The minimum absolute atomic E-state index is 0.213. The van der Waals surface area contributed by atoms with Crippen molar-refractivity contribution in [1.29, 1.82) is 0 Å². The molecule has 4 heteroatoms. The Kier molecular flexibility index (Phi) is 4.92. The van der Waals surface area contributed by atoms with Gasteiger partial charge >= 0.3 is 5.97 Å². The van der Waals surface area contributed by atoms with Crippen LogP contribution in [0.5, 0.6) is 0 Å². The molecule has 1 rings (SSSR count). The van der Waals surface area contributed by atoms with Crippen LogP contribution in [0.25, 0.3) is 0 Å². The van der Waals surface area contributed by atoms with Crippen LogP contribution in [-0.2, 0) is 6.42 Å². The van der Waals surface area contributed by atoms with Gasteiger partial charge in [0.25, 0.3) is 0 Å². The van der Waals surface area contributed by atoms with E-state index in [4.69, 9.17) is 5.11 Å². The number of anilines is 1. The first-order chi connectivity index (χ1) is 8.74. The van der Waals surface area contributed by atoms with Crippen LogP contribution >= 0.6 is 0 Å². The Morgan fingerprint density at radius 2 is 2.05 bits per heavy atom. The fourth-order valence-corrected chi connectivity index (χ4v) is 1.55. The average molecular weight is 264 g/mol. The number of aryl methyl sites for hydroxylation is 1. The summed E-state index contributed by atoms with van der Waals surface area (Å²) < 4.78 is 0. The fraction of sp³-hybridized carbons (Fsp3) is 0.600. The molecule has 19 heavy (non-hydrogen) atoms. The van der Waals surface area contributed by atoms with Crippen LogP contribution in [0.3, 0.4) is 0 Å². The normalized spacial score (nSPS) is 13.1.